The van der Waals surface area contributed by atoms with E-state index >= 15 is 0 Å². The number of ether oxygens (including phenoxy) is 2. The summed E-state index contributed by atoms with van der Waals surface area (Å²) >= 11 is 0. The molecule has 3 heteroatoms. The zero-order valence-electron chi connectivity index (χ0n) is 12.7. The molecule has 112 valence electrons. The van der Waals surface area contributed by atoms with Crippen LogP contribution in [0.1, 0.15) is 5.56 Å². The van der Waals surface area contributed by atoms with E-state index in [2.05, 4.69) is 47.4 Å². The van der Waals surface area contributed by atoms with Gasteiger partial charge in [0.15, 0.2) is 0 Å². The van der Waals surface area contributed by atoms with Crippen LogP contribution in [0.2, 0.25) is 0 Å². The second kappa shape index (κ2) is 7.16. The topological polar surface area (TPSA) is 31.4 Å². The lowest BCUT2D eigenvalue weighted by Crippen LogP contribution is -2.01. The first kappa shape index (κ1) is 14.7. The molecule has 0 saturated carbocycles. The van der Waals surface area contributed by atoms with E-state index in [0.717, 1.165) is 5.56 Å². The molecule has 0 radical (unpaired) electrons. The van der Waals surface area contributed by atoms with Crippen molar-refractivity contribution in [3.8, 4) is 11.1 Å². The smallest absolute Gasteiger partial charge is 0.0718 e. The maximum atomic E-state index is 5.60. The molecule has 0 unspecified atom stereocenters. The number of hydrogen-bond acceptors (Lipinski definition) is 3. The van der Waals surface area contributed by atoms with Gasteiger partial charge in [-0.2, -0.15) is 0 Å². The van der Waals surface area contributed by atoms with Gasteiger partial charge in [-0.3, -0.25) is 4.98 Å². The van der Waals surface area contributed by atoms with Gasteiger partial charge >= 0.3 is 0 Å². The van der Waals surface area contributed by atoms with Crippen molar-refractivity contribution in [2.45, 2.75) is 6.61 Å². The molecule has 0 atom stereocenters. The molecule has 0 spiro atoms. The first-order valence-corrected chi connectivity index (χ1v) is 7.37. The molecule has 0 aliphatic carbocycles. The Morgan fingerprint density at radius 3 is 2.82 bits per heavy atom. The minimum absolute atomic E-state index is 0.597. The lowest BCUT2D eigenvalue weighted by Gasteiger charge is -2.09. The van der Waals surface area contributed by atoms with Gasteiger partial charge in [0.25, 0.3) is 0 Å². The molecule has 3 rings (SSSR count). The SMILES string of the molecule is COCCOCc1cccc(-c2cccc3ccncc23)c1. The largest absolute Gasteiger partial charge is 0.382 e. The molecule has 0 amide bonds. The minimum atomic E-state index is 0.597. The number of rotatable bonds is 6. The molecule has 1 aromatic heterocycles. The Labute approximate surface area is 130 Å². The average Bonchev–Trinajstić information content (AvgIpc) is 2.58. The lowest BCUT2D eigenvalue weighted by molar-refractivity contribution is 0.0617. The van der Waals surface area contributed by atoms with Crippen LogP contribution in [0.3, 0.4) is 0 Å². The number of benzene rings is 2. The molecule has 3 nitrogen and oxygen atoms in total. The van der Waals surface area contributed by atoms with Gasteiger partial charge in [0.2, 0.25) is 0 Å². The number of nitrogens with zero attached hydrogens (tertiary/aromatic N) is 1. The molecule has 2 aromatic carbocycles. The van der Waals surface area contributed by atoms with Crippen LogP contribution < -0.4 is 0 Å². The standard InChI is InChI=1S/C19H19NO2/c1-21-10-11-22-14-15-4-2-6-17(12-15)18-7-3-5-16-8-9-20-13-19(16)18/h2-9,12-13H,10-11,14H2,1H3. The third-order valence-corrected chi connectivity index (χ3v) is 3.62. The Kier molecular flexibility index (Phi) is 4.78. The zero-order valence-corrected chi connectivity index (χ0v) is 12.7. The van der Waals surface area contributed by atoms with Crippen LogP contribution in [0.15, 0.2) is 60.9 Å². The minimum Gasteiger partial charge on any atom is -0.382 e. The van der Waals surface area contributed by atoms with Gasteiger partial charge in [0.05, 0.1) is 19.8 Å². The summed E-state index contributed by atoms with van der Waals surface area (Å²) in [5.74, 6) is 0. The van der Waals surface area contributed by atoms with E-state index in [-0.39, 0.29) is 0 Å². The van der Waals surface area contributed by atoms with Gasteiger partial charge in [-0.15, -0.1) is 0 Å². The fourth-order valence-corrected chi connectivity index (χ4v) is 2.53. The van der Waals surface area contributed by atoms with Gasteiger partial charge < -0.3 is 9.47 Å². The maximum absolute atomic E-state index is 5.60. The second-order valence-corrected chi connectivity index (χ2v) is 5.15. The molecule has 0 bridgehead atoms. The van der Waals surface area contributed by atoms with E-state index in [0.29, 0.717) is 19.8 Å². The van der Waals surface area contributed by atoms with E-state index in [1.165, 1.54) is 21.9 Å². The fraction of sp³-hybridized carbons (Fsp3) is 0.211. The summed E-state index contributed by atoms with van der Waals surface area (Å²) in [5, 5.41) is 2.37. The lowest BCUT2D eigenvalue weighted by atomic mass is 9.98. The summed E-state index contributed by atoms with van der Waals surface area (Å²) in [4.78, 5) is 4.25. The zero-order chi connectivity index (χ0) is 15.2. The number of pyridine rings is 1. The summed E-state index contributed by atoms with van der Waals surface area (Å²) in [7, 11) is 1.68. The molecule has 0 aliphatic rings. The van der Waals surface area contributed by atoms with Crippen molar-refractivity contribution in [3.05, 3.63) is 66.5 Å². The van der Waals surface area contributed by atoms with Gasteiger partial charge in [0, 0.05) is 24.9 Å². The van der Waals surface area contributed by atoms with Crippen molar-refractivity contribution >= 4 is 10.8 Å². The maximum Gasteiger partial charge on any atom is 0.0718 e. The highest BCUT2D eigenvalue weighted by atomic mass is 16.5. The van der Waals surface area contributed by atoms with E-state index < -0.39 is 0 Å². The van der Waals surface area contributed by atoms with Crippen LogP contribution in [0.4, 0.5) is 0 Å². The van der Waals surface area contributed by atoms with E-state index in [1.54, 1.807) is 7.11 Å². The van der Waals surface area contributed by atoms with E-state index in [4.69, 9.17) is 9.47 Å². The highest BCUT2D eigenvalue weighted by Gasteiger charge is 2.04. The normalized spacial score (nSPS) is 11.0. The third kappa shape index (κ3) is 3.32. The number of fused-ring (bicyclic) bond motifs is 1. The van der Waals surface area contributed by atoms with E-state index in [9.17, 15) is 0 Å². The molecular formula is C19H19NO2. The monoisotopic (exact) mass is 293 g/mol. The molecule has 0 saturated heterocycles. The van der Waals surface area contributed by atoms with Crippen LogP contribution in [0.25, 0.3) is 21.9 Å². The van der Waals surface area contributed by atoms with Crippen LogP contribution in [-0.2, 0) is 16.1 Å². The van der Waals surface area contributed by atoms with Crippen molar-refractivity contribution in [1.82, 2.24) is 4.98 Å². The molecular weight excluding hydrogens is 274 g/mol. The van der Waals surface area contributed by atoms with Crippen LogP contribution in [0.5, 0.6) is 0 Å². The number of methoxy groups -OCH3 is 1. The summed E-state index contributed by atoms with van der Waals surface area (Å²) < 4.78 is 10.6. The quantitative estimate of drug-likeness (QED) is 0.642. The molecule has 3 aromatic rings. The van der Waals surface area contributed by atoms with Gasteiger partial charge in [0.1, 0.15) is 0 Å². The molecule has 22 heavy (non-hydrogen) atoms. The predicted molar refractivity (Wildman–Crippen MR) is 88.7 cm³/mol. The summed E-state index contributed by atoms with van der Waals surface area (Å²) in [6, 6.07) is 16.8. The highest BCUT2D eigenvalue weighted by Crippen LogP contribution is 2.28. The second-order valence-electron chi connectivity index (χ2n) is 5.15. The van der Waals surface area contributed by atoms with Crippen molar-refractivity contribution in [2.75, 3.05) is 20.3 Å². The molecule has 0 aliphatic heterocycles. The van der Waals surface area contributed by atoms with Gasteiger partial charge in [-0.25, -0.2) is 0 Å². The summed E-state index contributed by atoms with van der Waals surface area (Å²) in [5.41, 5.74) is 3.55. The molecule has 1 heterocycles. The Balaban J connectivity index is 1.87. The van der Waals surface area contributed by atoms with Crippen molar-refractivity contribution < 1.29 is 9.47 Å². The van der Waals surface area contributed by atoms with Gasteiger partial charge in [-0.1, -0.05) is 36.4 Å². The third-order valence-electron chi connectivity index (χ3n) is 3.62. The van der Waals surface area contributed by atoms with E-state index in [1.807, 2.05) is 18.5 Å². The molecule has 0 N–H and O–H groups in total. The van der Waals surface area contributed by atoms with Crippen molar-refractivity contribution in [1.29, 1.82) is 0 Å². The summed E-state index contributed by atoms with van der Waals surface area (Å²) in [6.45, 7) is 1.83. The van der Waals surface area contributed by atoms with Crippen LogP contribution in [-0.4, -0.2) is 25.3 Å². The average molecular weight is 293 g/mol. The number of aromatic nitrogens is 1. The van der Waals surface area contributed by atoms with Crippen LogP contribution in [0, 0.1) is 0 Å². The Hall–Kier alpha value is -2.23. The Morgan fingerprint density at radius 2 is 1.91 bits per heavy atom. The first-order valence-electron chi connectivity index (χ1n) is 7.37. The molecule has 0 fully saturated rings. The Morgan fingerprint density at radius 1 is 1.00 bits per heavy atom. The summed E-state index contributed by atoms with van der Waals surface area (Å²) in [6.07, 6.45) is 3.75. The van der Waals surface area contributed by atoms with Crippen molar-refractivity contribution in [2.24, 2.45) is 0 Å². The van der Waals surface area contributed by atoms with Crippen LogP contribution >= 0.6 is 0 Å². The predicted octanol–water partition coefficient (Wildman–Crippen LogP) is 4.06. The number of hydrogen-bond donors (Lipinski definition) is 0. The first-order chi connectivity index (χ1) is 10.9. The van der Waals surface area contributed by atoms with Gasteiger partial charge in [-0.05, 0) is 34.2 Å². The van der Waals surface area contributed by atoms with Crippen molar-refractivity contribution in [3.63, 3.8) is 0 Å². The Bertz CT molecular complexity index is 750. The fourth-order valence-electron chi connectivity index (χ4n) is 2.53. The highest BCUT2D eigenvalue weighted by molar-refractivity contribution is 5.96.